The second-order valence-corrected chi connectivity index (χ2v) is 31.0. The summed E-state index contributed by atoms with van der Waals surface area (Å²) in [5.74, 6) is 0. The van der Waals surface area contributed by atoms with Gasteiger partial charge in [-0.1, -0.05) is 328 Å². The molecule has 1 aromatic heterocycles. The van der Waals surface area contributed by atoms with Gasteiger partial charge in [-0.25, -0.2) is 0 Å². The predicted octanol–water partition coefficient (Wildman–Crippen LogP) is 23.6. The summed E-state index contributed by atoms with van der Waals surface area (Å²) in [4.78, 5) is 5.56. The van der Waals surface area contributed by atoms with Crippen molar-refractivity contribution in [2.24, 2.45) is 0 Å². The molecule has 3 nitrogen and oxygen atoms in total. The Morgan fingerprint density at radius 2 is 0.606 bits per heavy atom. The molecule has 0 radical (unpaired) electrons. The van der Waals surface area contributed by atoms with E-state index in [1.807, 2.05) is 0 Å². The summed E-state index contributed by atoms with van der Waals surface area (Å²) < 4.78 is 2.58. The fraction of sp³-hybridized carbons (Fsp3) is 0.0286. The summed E-state index contributed by atoms with van der Waals surface area (Å²) >= 11 is 0. The molecule has 18 aromatic rings. The van der Waals surface area contributed by atoms with Gasteiger partial charge in [-0.2, -0.15) is 0 Å². The van der Waals surface area contributed by atoms with Crippen LogP contribution in [-0.4, -0.2) is 11.3 Å². The van der Waals surface area contributed by atoms with Crippen molar-refractivity contribution in [3.63, 3.8) is 0 Å². The Balaban J connectivity index is 0.850. The highest BCUT2D eigenvalue weighted by Gasteiger charge is 2.59. The van der Waals surface area contributed by atoms with Gasteiger partial charge in [0.2, 0.25) is 0 Å². The molecule has 3 spiro atoms. The Hall–Kier alpha value is -13.8. The third-order valence-corrected chi connectivity index (χ3v) is 26.6. The Labute approximate surface area is 631 Å². The van der Waals surface area contributed by atoms with Crippen molar-refractivity contribution in [1.82, 2.24) is 4.57 Å². The van der Waals surface area contributed by atoms with Crippen LogP contribution in [0.4, 0.5) is 34.1 Å². The summed E-state index contributed by atoms with van der Waals surface area (Å²) in [5.41, 5.74) is 45.6. The molecular weight excluding hydrogens is 1310 g/mol. The highest BCUT2D eigenvalue weighted by molar-refractivity contribution is 7.00. The van der Waals surface area contributed by atoms with E-state index in [9.17, 15) is 0 Å². The van der Waals surface area contributed by atoms with Gasteiger partial charge in [-0.3, -0.25) is 0 Å². The van der Waals surface area contributed by atoms with Gasteiger partial charge in [0, 0.05) is 50.3 Å². The molecule has 0 N–H and O–H groups in total. The lowest BCUT2D eigenvalue weighted by Gasteiger charge is -2.47. The molecule has 26 rings (SSSR count). The second kappa shape index (κ2) is 20.8. The maximum Gasteiger partial charge on any atom is 0.252 e. The van der Waals surface area contributed by atoms with E-state index in [-0.39, 0.29) is 6.71 Å². The van der Waals surface area contributed by atoms with Gasteiger partial charge < -0.3 is 14.4 Å². The average Bonchev–Trinajstić information content (AvgIpc) is 1.50. The number of para-hydroxylation sites is 2. The summed E-state index contributed by atoms with van der Waals surface area (Å²) in [6.45, 7) is -0.280. The van der Waals surface area contributed by atoms with Crippen molar-refractivity contribution in [2.45, 2.75) is 16.2 Å². The van der Waals surface area contributed by atoms with Crippen LogP contribution in [0.3, 0.4) is 0 Å². The van der Waals surface area contributed by atoms with E-state index >= 15 is 0 Å². The predicted molar refractivity (Wildman–Crippen MR) is 449 cm³/mol. The van der Waals surface area contributed by atoms with Gasteiger partial charge >= 0.3 is 0 Å². The summed E-state index contributed by atoms with van der Waals surface area (Å²) in [6, 6.07) is 146. The molecule has 0 atom stereocenters. The third kappa shape index (κ3) is 6.92. The lowest BCUT2D eigenvalue weighted by molar-refractivity contribution is 0.786. The minimum Gasteiger partial charge on any atom is -0.311 e. The molecule has 0 amide bonds. The van der Waals surface area contributed by atoms with Gasteiger partial charge in [0.1, 0.15) is 0 Å². The van der Waals surface area contributed by atoms with Crippen LogP contribution in [0.2, 0.25) is 0 Å². The van der Waals surface area contributed by atoms with E-state index in [4.69, 9.17) is 0 Å². The topological polar surface area (TPSA) is 11.4 Å². The van der Waals surface area contributed by atoms with Gasteiger partial charge in [-0.05, 0) is 198 Å². The SMILES string of the molecule is c1ccc(-c2ccc3c(c2)B2c4ccc5c(c4N(c4cccc6c4C4(c7ccccc7-c7ccccc74)c4ccccc4-6)c4cc(-n6c7ccccc7c7ccccc76)cc(c42)N3c2ccc3c(c2)-c2ccccc2C32c3ccccc3-c3ccccc32)C2(c3ccccc3-c3ccccc32)c2ccccc2-5)cc1. The zero-order chi connectivity index (χ0) is 70.7. The Morgan fingerprint density at radius 3 is 1.11 bits per heavy atom. The number of nitrogens with zero attached hydrogens (tertiary/aromatic N) is 3. The molecule has 8 aliphatic rings. The van der Waals surface area contributed by atoms with Crippen LogP contribution in [0.25, 0.3) is 105 Å². The standard InChI is InChI=1S/C105H62BN3/c1-2-27-63(28-3-1)64-53-58-95-92(59-64)106-91-57-55-79-74-36-11-23-49-89(74)105(86-46-20-8-33-71(86)72-34-9-21-47-87(72)105)100(79)102(91)109(96-52-26-40-78-73-35-10-22-48-88(73)104(99(78)96)84-44-18-6-31-69(84)70-32-7-19-45-85(70)104)98-62-66(108-93-50-24-13-38-76(93)77-39-14-25-51-94(77)108)61-97(101(98)106)107(95)65-54-56-90-80(60-65)75-37-12-17-43-83(75)103(90)81-41-15-4-29-67(81)68-30-5-16-42-82(68)103/h1-62H. The largest absolute Gasteiger partial charge is 0.311 e. The van der Waals surface area contributed by atoms with E-state index in [2.05, 4.69) is 390 Å². The molecule has 500 valence electrons. The minimum absolute atomic E-state index is 0.280. The number of benzene rings is 17. The van der Waals surface area contributed by atoms with Crippen molar-refractivity contribution in [1.29, 1.82) is 0 Å². The van der Waals surface area contributed by atoms with Crippen molar-refractivity contribution in [3.05, 3.63) is 443 Å². The Morgan fingerprint density at radius 1 is 0.211 bits per heavy atom. The van der Waals surface area contributed by atoms with E-state index in [1.54, 1.807) is 0 Å². The molecule has 0 unspecified atom stereocenters. The van der Waals surface area contributed by atoms with Gasteiger partial charge in [0.05, 0.1) is 38.7 Å². The molecule has 17 aromatic carbocycles. The zero-order valence-electron chi connectivity index (χ0n) is 59.2. The molecule has 109 heavy (non-hydrogen) atoms. The molecule has 0 saturated carbocycles. The first-order valence-corrected chi connectivity index (χ1v) is 38.4. The van der Waals surface area contributed by atoms with Crippen LogP contribution in [-0.2, 0) is 16.2 Å². The molecule has 0 fully saturated rings. The van der Waals surface area contributed by atoms with Crippen molar-refractivity contribution in [2.75, 3.05) is 9.80 Å². The quantitative estimate of drug-likeness (QED) is 0.163. The normalized spacial score (nSPS) is 15.0. The lowest BCUT2D eigenvalue weighted by atomic mass is 9.33. The second-order valence-electron chi connectivity index (χ2n) is 31.0. The summed E-state index contributed by atoms with van der Waals surface area (Å²) in [6.07, 6.45) is 0. The summed E-state index contributed by atoms with van der Waals surface area (Å²) in [7, 11) is 0. The third-order valence-electron chi connectivity index (χ3n) is 26.6. The van der Waals surface area contributed by atoms with Crippen LogP contribution < -0.4 is 26.2 Å². The number of hydrogen-bond acceptors (Lipinski definition) is 2. The van der Waals surface area contributed by atoms with Gasteiger partial charge in [0.25, 0.3) is 6.71 Å². The van der Waals surface area contributed by atoms with Crippen molar-refractivity contribution >= 4 is 79.0 Å². The number of anilines is 6. The first-order chi connectivity index (χ1) is 54.1. The van der Waals surface area contributed by atoms with Crippen LogP contribution in [0.15, 0.2) is 376 Å². The van der Waals surface area contributed by atoms with E-state index < -0.39 is 16.2 Å². The van der Waals surface area contributed by atoms with Crippen molar-refractivity contribution in [3.8, 4) is 83.6 Å². The number of fused-ring (bicyclic) bond motifs is 38. The molecule has 4 heteroatoms. The molecule has 3 heterocycles. The molecular formula is C105H62BN3. The fourth-order valence-corrected chi connectivity index (χ4v) is 22.9. The van der Waals surface area contributed by atoms with Crippen LogP contribution in [0.1, 0.15) is 66.8 Å². The zero-order valence-corrected chi connectivity index (χ0v) is 59.2. The summed E-state index contributed by atoms with van der Waals surface area (Å²) in [5, 5.41) is 2.44. The molecule has 2 aliphatic heterocycles. The van der Waals surface area contributed by atoms with E-state index in [0.717, 1.165) is 45.2 Å². The molecule has 0 saturated heterocycles. The maximum absolute atomic E-state index is 2.87. The fourth-order valence-electron chi connectivity index (χ4n) is 22.9. The monoisotopic (exact) mass is 1380 g/mol. The first-order valence-electron chi connectivity index (χ1n) is 38.4. The number of rotatable bonds is 4. The number of aromatic nitrogens is 1. The van der Waals surface area contributed by atoms with Crippen LogP contribution in [0.5, 0.6) is 0 Å². The number of hydrogen-bond donors (Lipinski definition) is 0. The molecule has 6 aliphatic carbocycles. The maximum atomic E-state index is 2.87. The van der Waals surface area contributed by atoms with Crippen LogP contribution in [0, 0.1) is 0 Å². The Bertz CT molecular complexity index is 6950. The smallest absolute Gasteiger partial charge is 0.252 e. The van der Waals surface area contributed by atoms with Gasteiger partial charge in [-0.15, -0.1) is 0 Å². The minimum atomic E-state index is -0.744. The average molecular weight is 1380 g/mol. The first kappa shape index (κ1) is 58.5. The van der Waals surface area contributed by atoms with Crippen LogP contribution >= 0.6 is 0 Å². The lowest BCUT2D eigenvalue weighted by Crippen LogP contribution is -2.62. The van der Waals surface area contributed by atoms with Crippen molar-refractivity contribution < 1.29 is 0 Å². The van der Waals surface area contributed by atoms with E-state index in [1.165, 1.54) is 177 Å². The highest BCUT2D eigenvalue weighted by atomic mass is 15.2. The molecule has 0 bridgehead atoms. The van der Waals surface area contributed by atoms with E-state index in [0.29, 0.717) is 0 Å². The highest BCUT2D eigenvalue weighted by Crippen LogP contribution is 2.70. The Kier molecular flexibility index (Phi) is 11.2. The van der Waals surface area contributed by atoms with Gasteiger partial charge in [0.15, 0.2) is 0 Å².